The average molecular weight is 208 g/mol. The molecule has 1 N–H and O–H groups in total. The Hall–Kier alpha value is -1.00. The van der Waals surface area contributed by atoms with E-state index in [0.29, 0.717) is 6.42 Å². The molecule has 4 nitrogen and oxygen atoms in total. The van der Waals surface area contributed by atoms with Gasteiger partial charge < -0.3 is 9.84 Å². The number of nitrogens with zero attached hydrogens (tertiary/aromatic N) is 2. The largest absolute Gasteiger partial charge is 0.388 e. The van der Waals surface area contributed by atoms with Gasteiger partial charge in [-0.1, -0.05) is 0 Å². The summed E-state index contributed by atoms with van der Waals surface area (Å²) in [5.74, 6) is 0. The van der Waals surface area contributed by atoms with Gasteiger partial charge in [0.2, 0.25) is 0 Å². The predicted molar refractivity (Wildman–Crippen MR) is 55.2 cm³/mol. The number of aliphatic hydroxyl groups is 1. The molecule has 1 unspecified atom stereocenters. The minimum absolute atomic E-state index is 0.116. The van der Waals surface area contributed by atoms with Gasteiger partial charge in [-0.05, 0) is 19.3 Å². The lowest BCUT2D eigenvalue weighted by Crippen LogP contribution is -2.40. The molecule has 1 aliphatic carbocycles. The fraction of sp³-hybridized carbons (Fsp3) is 0.636. The zero-order valence-corrected chi connectivity index (χ0v) is 8.89. The highest BCUT2D eigenvalue weighted by Crippen LogP contribution is 2.41. The maximum absolute atomic E-state index is 9.99. The minimum Gasteiger partial charge on any atom is -0.388 e. The van der Waals surface area contributed by atoms with E-state index in [9.17, 15) is 5.11 Å². The van der Waals surface area contributed by atoms with Crippen LogP contribution in [0.2, 0.25) is 0 Å². The van der Waals surface area contributed by atoms with Crippen LogP contribution in [0.3, 0.4) is 0 Å². The first-order chi connectivity index (χ1) is 7.26. The summed E-state index contributed by atoms with van der Waals surface area (Å²) in [6.45, 7) is 0. The molecular weight excluding hydrogens is 192 g/mol. The van der Waals surface area contributed by atoms with E-state index in [-0.39, 0.29) is 5.60 Å². The van der Waals surface area contributed by atoms with Gasteiger partial charge in [0.15, 0.2) is 0 Å². The van der Waals surface area contributed by atoms with E-state index in [2.05, 4.69) is 9.97 Å². The molecule has 0 amide bonds. The molecule has 0 bridgehead atoms. The molecule has 1 fully saturated rings. The summed E-state index contributed by atoms with van der Waals surface area (Å²) in [7, 11) is 1.72. The van der Waals surface area contributed by atoms with Gasteiger partial charge in [-0.3, -0.25) is 0 Å². The van der Waals surface area contributed by atoms with Gasteiger partial charge in [0.25, 0.3) is 0 Å². The second kappa shape index (κ2) is 4.24. The predicted octanol–water partition coefficient (Wildman–Crippen LogP) is 1.47. The summed E-state index contributed by atoms with van der Waals surface area (Å²) in [5.41, 5.74) is 0.649. The number of methoxy groups -OCH3 is 1. The number of hydrogen-bond acceptors (Lipinski definition) is 4. The van der Waals surface area contributed by atoms with Crippen LogP contribution in [0.4, 0.5) is 0 Å². The molecule has 1 saturated carbocycles. The number of rotatable bonds is 4. The lowest BCUT2D eigenvalue weighted by molar-refractivity contribution is -0.0999. The van der Waals surface area contributed by atoms with Crippen LogP contribution in [0.15, 0.2) is 18.7 Å². The van der Waals surface area contributed by atoms with Crippen molar-refractivity contribution in [1.82, 2.24) is 9.97 Å². The van der Waals surface area contributed by atoms with Crippen LogP contribution in [0.25, 0.3) is 0 Å². The zero-order chi connectivity index (χ0) is 10.7. The Kier molecular flexibility index (Phi) is 2.98. The Bertz CT molecular complexity index is 306. The molecule has 0 aromatic carbocycles. The van der Waals surface area contributed by atoms with Gasteiger partial charge >= 0.3 is 0 Å². The summed E-state index contributed by atoms with van der Waals surface area (Å²) in [6.07, 6.45) is 8.14. The standard InChI is InChI=1S/C11H16N2O2/c1-15-11(3-2-4-11)5-10(14)9-6-12-8-13-7-9/h6-8,10,14H,2-5H2,1H3. The third-order valence-electron chi connectivity index (χ3n) is 3.23. The Morgan fingerprint density at radius 2 is 2.13 bits per heavy atom. The van der Waals surface area contributed by atoms with Crippen LogP contribution in [-0.2, 0) is 4.74 Å². The maximum atomic E-state index is 9.99. The van der Waals surface area contributed by atoms with Gasteiger partial charge in [0, 0.05) is 31.5 Å². The normalized spacial score (nSPS) is 20.7. The van der Waals surface area contributed by atoms with Crippen molar-refractivity contribution >= 4 is 0 Å². The molecule has 15 heavy (non-hydrogen) atoms. The van der Waals surface area contributed by atoms with E-state index in [1.54, 1.807) is 19.5 Å². The third-order valence-corrected chi connectivity index (χ3v) is 3.23. The number of aliphatic hydroxyl groups excluding tert-OH is 1. The summed E-state index contributed by atoms with van der Waals surface area (Å²) in [4.78, 5) is 7.79. The van der Waals surface area contributed by atoms with Crippen molar-refractivity contribution in [2.24, 2.45) is 0 Å². The summed E-state index contributed by atoms with van der Waals surface area (Å²) in [5, 5.41) is 9.99. The highest BCUT2D eigenvalue weighted by molar-refractivity contribution is 5.08. The van der Waals surface area contributed by atoms with Gasteiger partial charge in [-0.15, -0.1) is 0 Å². The monoisotopic (exact) mass is 208 g/mol. The first-order valence-corrected chi connectivity index (χ1v) is 5.24. The molecule has 2 rings (SSSR count). The van der Waals surface area contributed by atoms with Crippen LogP contribution in [-0.4, -0.2) is 27.8 Å². The zero-order valence-electron chi connectivity index (χ0n) is 8.89. The second-order valence-corrected chi connectivity index (χ2v) is 4.13. The minimum atomic E-state index is -0.522. The van der Waals surface area contributed by atoms with E-state index < -0.39 is 6.10 Å². The van der Waals surface area contributed by atoms with E-state index in [1.165, 1.54) is 12.7 Å². The Balaban J connectivity index is 2.00. The second-order valence-electron chi connectivity index (χ2n) is 4.13. The molecule has 0 saturated heterocycles. The number of ether oxygens (including phenoxy) is 1. The van der Waals surface area contributed by atoms with Crippen molar-refractivity contribution in [3.05, 3.63) is 24.3 Å². The van der Waals surface area contributed by atoms with Gasteiger partial charge in [-0.25, -0.2) is 9.97 Å². The lowest BCUT2D eigenvalue weighted by atomic mass is 9.75. The molecule has 0 aliphatic heterocycles. The maximum Gasteiger partial charge on any atom is 0.115 e. The van der Waals surface area contributed by atoms with Gasteiger partial charge in [0.1, 0.15) is 6.33 Å². The molecule has 0 spiro atoms. The Labute approximate surface area is 89.3 Å². The van der Waals surface area contributed by atoms with Crippen molar-refractivity contribution in [1.29, 1.82) is 0 Å². The highest BCUT2D eigenvalue weighted by Gasteiger charge is 2.39. The topological polar surface area (TPSA) is 55.2 Å². The third kappa shape index (κ3) is 2.16. The smallest absolute Gasteiger partial charge is 0.115 e. The van der Waals surface area contributed by atoms with Crippen molar-refractivity contribution in [2.75, 3.05) is 7.11 Å². The summed E-state index contributed by atoms with van der Waals surface area (Å²) in [6, 6.07) is 0. The quantitative estimate of drug-likeness (QED) is 0.814. The van der Waals surface area contributed by atoms with Gasteiger partial charge in [0.05, 0.1) is 11.7 Å². The highest BCUT2D eigenvalue weighted by atomic mass is 16.5. The van der Waals surface area contributed by atoms with Crippen LogP contribution in [0.5, 0.6) is 0 Å². The van der Waals surface area contributed by atoms with E-state index >= 15 is 0 Å². The first kappa shape index (κ1) is 10.5. The lowest BCUT2D eigenvalue weighted by Gasteiger charge is -2.41. The van der Waals surface area contributed by atoms with E-state index in [0.717, 1.165) is 18.4 Å². The number of aromatic nitrogens is 2. The van der Waals surface area contributed by atoms with Crippen molar-refractivity contribution in [3.8, 4) is 0 Å². The molecule has 1 heterocycles. The average Bonchev–Trinajstić information content (AvgIpc) is 2.24. The first-order valence-electron chi connectivity index (χ1n) is 5.24. The van der Waals surface area contributed by atoms with Crippen molar-refractivity contribution in [2.45, 2.75) is 37.4 Å². The molecule has 82 valence electrons. The van der Waals surface area contributed by atoms with Crippen LogP contribution < -0.4 is 0 Å². The summed E-state index contributed by atoms with van der Waals surface area (Å²) < 4.78 is 5.47. The van der Waals surface area contributed by atoms with Crippen LogP contribution >= 0.6 is 0 Å². The fourth-order valence-corrected chi connectivity index (χ4v) is 2.02. The molecule has 1 aromatic rings. The van der Waals surface area contributed by atoms with Crippen molar-refractivity contribution in [3.63, 3.8) is 0 Å². The Morgan fingerprint density at radius 3 is 2.60 bits per heavy atom. The molecule has 4 heteroatoms. The van der Waals surface area contributed by atoms with Crippen molar-refractivity contribution < 1.29 is 9.84 Å². The van der Waals surface area contributed by atoms with Crippen LogP contribution in [0, 0.1) is 0 Å². The molecule has 0 radical (unpaired) electrons. The SMILES string of the molecule is COC1(CC(O)c2cncnc2)CCC1. The van der Waals surface area contributed by atoms with E-state index in [1.807, 2.05) is 0 Å². The molecule has 1 aromatic heterocycles. The van der Waals surface area contributed by atoms with Gasteiger partial charge in [-0.2, -0.15) is 0 Å². The van der Waals surface area contributed by atoms with E-state index in [4.69, 9.17) is 4.74 Å². The molecule has 1 atom stereocenters. The summed E-state index contributed by atoms with van der Waals surface area (Å²) >= 11 is 0. The molecule has 1 aliphatic rings. The fourth-order valence-electron chi connectivity index (χ4n) is 2.02. The molecular formula is C11H16N2O2. The number of hydrogen-bond donors (Lipinski definition) is 1. The Morgan fingerprint density at radius 1 is 1.47 bits per heavy atom. The van der Waals surface area contributed by atoms with Crippen LogP contribution in [0.1, 0.15) is 37.4 Å².